The van der Waals surface area contributed by atoms with E-state index in [-0.39, 0.29) is 0 Å². The number of rotatable bonds is 6. The first-order valence-electron chi connectivity index (χ1n) is 7.41. The van der Waals surface area contributed by atoms with Gasteiger partial charge >= 0.3 is 0 Å². The second-order valence-electron chi connectivity index (χ2n) is 5.46. The average Bonchev–Trinajstić information content (AvgIpc) is 2.47. The highest BCUT2D eigenvalue weighted by Gasteiger charge is 2.09. The Morgan fingerprint density at radius 1 is 1.14 bits per heavy atom. The molecular formula is C16H23N5. The zero-order valence-electron chi connectivity index (χ0n) is 13.1. The highest BCUT2D eigenvalue weighted by Crippen LogP contribution is 2.21. The van der Waals surface area contributed by atoms with Crippen LogP contribution in [0, 0.1) is 0 Å². The Morgan fingerprint density at radius 3 is 2.57 bits per heavy atom. The van der Waals surface area contributed by atoms with Gasteiger partial charge in [-0.15, -0.1) is 0 Å². The van der Waals surface area contributed by atoms with Crippen LogP contribution < -0.4 is 10.6 Å². The van der Waals surface area contributed by atoms with Crippen LogP contribution in [0.15, 0.2) is 30.6 Å². The molecule has 0 fully saturated rings. The fourth-order valence-corrected chi connectivity index (χ4v) is 1.87. The van der Waals surface area contributed by atoms with Crippen molar-refractivity contribution in [3.05, 3.63) is 30.6 Å². The van der Waals surface area contributed by atoms with E-state index in [0.29, 0.717) is 18.0 Å². The van der Waals surface area contributed by atoms with Crippen LogP contribution in [-0.2, 0) is 0 Å². The summed E-state index contributed by atoms with van der Waals surface area (Å²) in [4.78, 5) is 13.3. The first-order chi connectivity index (χ1) is 10.1. The van der Waals surface area contributed by atoms with E-state index in [1.807, 2.05) is 24.4 Å². The van der Waals surface area contributed by atoms with E-state index in [2.05, 4.69) is 53.3 Å². The van der Waals surface area contributed by atoms with E-state index in [1.165, 1.54) is 0 Å². The minimum absolute atomic E-state index is 0.318. The van der Waals surface area contributed by atoms with Crippen LogP contribution in [0.2, 0.25) is 0 Å². The van der Waals surface area contributed by atoms with Gasteiger partial charge in [0.2, 0.25) is 5.95 Å². The summed E-state index contributed by atoms with van der Waals surface area (Å²) in [5.74, 6) is 1.47. The summed E-state index contributed by atoms with van der Waals surface area (Å²) in [6.45, 7) is 8.44. The van der Waals surface area contributed by atoms with Gasteiger partial charge in [-0.2, -0.15) is 4.98 Å². The van der Waals surface area contributed by atoms with Gasteiger partial charge in [0.05, 0.1) is 5.69 Å². The molecule has 5 nitrogen and oxygen atoms in total. The number of hydrogen-bond acceptors (Lipinski definition) is 5. The van der Waals surface area contributed by atoms with Crippen molar-refractivity contribution in [1.29, 1.82) is 0 Å². The molecule has 2 rings (SSSR count). The maximum absolute atomic E-state index is 4.60. The van der Waals surface area contributed by atoms with Gasteiger partial charge in [-0.3, -0.25) is 4.98 Å². The Balaban J connectivity index is 2.37. The maximum atomic E-state index is 4.60. The van der Waals surface area contributed by atoms with E-state index >= 15 is 0 Å². The number of nitrogens with zero attached hydrogens (tertiary/aromatic N) is 3. The highest BCUT2D eigenvalue weighted by molar-refractivity contribution is 5.63. The number of pyridine rings is 1. The van der Waals surface area contributed by atoms with E-state index in [1.54, 1.807) is 6.20 Å². The quantitative estimate of drug-likeness (QED) is 0.849. The van der Waals surface area contributed by atoms with Gasteiger partial charge in [-0.05, 0) is 39.3 Å². The molecule has 0 saturated carbocycles. The minimum Gasteiger partial charge on any atom is -0.368 e. The van der Waals surface area contributed by atoms with Crippen molar-refractivity contribution in [3.63, 3.8) is 0 Å². The maximum Gasteiger partial charge on any atom is 0.225 e. The van der Waals surface area contributed by atoms with Crippen molar-refractivity contribution < 1.29 is 0 Å². The molecule has 0 unspecified atom stereocenters. The standard InChI is InChI=1S/C16H23N5/c1-5-12(4)19-16-20-14(13-7-6-8-17-10-13)9-15(21-16)18-11(2)3/h6-12H,5H2,1-4H3,(H2,18,19,20,21)/t12-/m1/s1. The fraction of sp³-hybridized carbons (Fsp3) is 0.438. The van der Waals surface area contributed by atoms with Crippen LogP contribution in [0.4, 0.5) is 11.8 Å². The van der Waals surface area contributed by atoms with Crippen molar-refractivity contribution >= 4 is 11.8 Å². The van der Waals surface area contributed by atoms with E-state index < -0.39 is 0 Å². The zero-order chi connectivity index (χ0) is 15.2. The Kier molecular flexibility index (Phi) is 5.09. The van der Waals surface area contributed by atoms with Crippen molar-refractivity contribution in [2.45, 2.75) is 46.2 Å². The summed E-state index contributed by atoms with van der Waals surface area (Å²) in [5, 5.41) is 6.67. The van der Waals surface area contributed by atoms with Crippen molar-refractivity contribution in [3.8, 4) is 11.3 Å². The van der Waals surface area contributed by atoms with Gasteiger partial charge in [0, 0.05) is 36.1 Å². The summed E-state index contributed by atoms with van der Waals surface area (Å²) in [5.41, 5.74) is 1.85. The van der Waals surface area contributed by atoms with Crippen molar-refractivity contribution in [2.24, 2.45) is 0 Å². The van der Waals surface area contributed by atoms with E-state index in [9.17, 15) is 0 Å². The highest BCUT2D eigenvalue weighted by atomic mass is 15.2. The lowest BCUT2D eigenvalue weighted by atomic mass is 10.2. The molecule has 0 saturated heterocycles. The molecule has 0 aromatic carbocycles. The normalized spacial score (nSPS) is 12.2. The molecular weight excluding hydrogens is 262 g/mol. The molecule has 0 radical (unpaired) electrons. The monoisotopic (exact) mass is 285 g/mol. The Morgan fingerprint density at radius 2 is 1.95 bits per heavy atom. The summed E-state index contributed by atoms with van der Waals surface area (Å²) in [6, 6.07) is 6.52. The molecule has 2 aromatic heterocycles. The second-order valence-corrected chi connectivity index (χ2v) is 5.46. The van der Waals surface area contributed by atoms with Crippen LogP contribution in [0.5, 0.6) is 0 Å². The largest absolute Gasteiger partial charge is 0.368 e. The predicted molar refractivity (Wildman–Crippen MR) is 87.4 cm³/mol. The predicted octanol–water partition coefficient (Wildman–Crippen LogP) is 3.57. The molecule has 0 spiro atoms. The van der Waals surface area contributed by atoms with Crippen LogP contribution in [0.1, 0.15) is 34.1 Å². The number of hydrogen-bond donors (Lipinski definition) is 2. The Hall–Kier alpha value is -2.17. The van der Waals surface area contributed by atoms with Gasteiger partial charge in [0.25, 0.3) is 0 Å². The number of anilines is 2. The van der Waals surface area contributed by atoms with Gasteiger partial charge in [-0.25, -0.2) is 4.98 Å². The molecule has 2 heterocycles. The lowest BCUT2D eigenvalue weighted by Gasteiger charge is -2.15. The molecule has 0 amide bonds. The minimum atomic E-state index is 0.318. The van der Waals surface area contributed by atoms with Gasteiger partial charge in [0.15, 0.2) is 0 Å². The summed E-state index contributed by atoms with van der Waals surface area (Å²) >= 11 is 0. The molecule has 21 heavy (non-hydrogen) atoms. The molecule has 2 aromatic rings. The third-order valence-corrected chi connectivity index (χ3v) is 3.11. The molecule has 5 heteroatoms. The SMILES string of the molecule is CC[C@@H](C)Nc1nc(NC(C)C)cc(-c2cccnc2)n1. The third-order valence-electron chi connectivity index (χ3n) is 3.11. The first-order valence-corrected chi connectivity index (χ1v) is 7.41. The lowest BCUT2D eigenvalue weighted by Crippen LogP contribution is -2.18. The molecule has 1 atom stereocenters. The molecule has 0 aliphatic rings. The van der Waals surface area contributed by atoms with E-state index in [4.69, 9.17) is 0 Å². The second kappa shape index (κ2) is 7.02. The lowest BCUT2D eigenvalue weighted by molar-refractivity contribution is 0.752. The summed E-state index contributed by atoms with van der Waals surface area (Å²) in [6.07, 6.45) is 4.60. The van der Waals surface area contributed by atoms with E-state index in [0.717, 1.165) is 23.5 Å². The first kappa shape index (κ1) is 15.2. The van der Waals surface area contributed by atoms with Crippen molar-refractivity contribution in [2.75, 3.05) is 10.6 Å². The fourth-order valence-electron chi connectivity index (χ4n) is 1.87. The smallest absolute Gasteiger partial charge is 0.225 e. The van der Waals surface area contributed by atoms with Gasteiger partial charge in [-0.1, -0.05) is 6.92 Å². The van der Waals surface area contributed by atoms with Crippen molar-refractivity contribution in [1.82, 2.24) is 15.0 Å². The molecule has 0 aliphatic heterocycles. The van der Waals surface area contributed by atoms with Crippen LogP contribution in [0.25, 0.3) is 11.3 Å². The Labute approximate surface area is 126 Å². The van der Waals surface area contributed by atoms with Crippen LogP contribution in [-0.4, -0.2) is 27.0 Å². The Bertz CT molecular complexity index is 568. The van der Waals surface area contributed by atoms with Crippen LogP contribution >= 0.6 is 0 Å². The van der Waals surface area contributed by atoms with Gasteiger partial charge in [0.1, 0.15) is 5.82 Å². The molecule has 2 N–H and O–H groups in total. The van der Waals surface area contributed by atoms with Crippen LogP contribution in [0.3, 0.4) is 0 Å². The summed E-state index contributed by atoms with van der Waals surface area (Å²) in [7, 11) is 0. The molecule has 112 valence electrons. The molecule has 0 bridgehead atoms. The topological polar surface area (TPSA) is 62.7 Å². The molecule has 0 aliphatic carbocycles. The zero-order valence-corrected chi connectivity index (χ0v) is 13.1. The average molecular weight is 285 g/mol. The number of aromatic nitrogens is 3. The van der Waals surface area contributed by atoms with Gasteiger partial charge < -0.3 is 10.6 Å². The number of nitrogens with one attached hydrogen (secondary N) is 2. The third kappa shape index (κ3) is 4.41. The summed E-state index contributed by atoms with van der Waals surface area (Å²) < 4.78 is 0.